The Morgan fingerprint density at radius 3 is 2.67 bits per heavy atom. The van der Waals surface area contributed by atoms with E-state index in [1.54, 1.807) is 0 Å². The Kier molecular flexibility index (Phi) is 7.11. The van der Waals surface area contributed by atoms with E-state index >= 15 is 0 Å². The number of carbonyl (C=O) groups excluding carboxylic acids is 2. The van der Waals surface area contributed by atoms with Gasteiger partial charge < -0.3 is 15.2 Å². The standard InChI is InChI=1S/C22H28N6O2/c1-15(2)13-17(21-27-16-7-4-5-8-19(16)28(21)3)26-20(29)9-6-10-25-22(30)18-14-23-11-12-24-18/h4-5,7-8,11-12,14-15,17H,6,9-10,13H2,1-3H3,(H,25,30)(H,26,29)/t17-/m0/s1. The second kappa shape index (κ2) is 9.96. The van der Waals surface area contributed by atoms with E-state index in [-0.39, 0.29) is 23.6 Å². The maximum Gasteiger partial charge on any atom is 0.271 e. The van der Waals surface area contributed by atoms with Crippen LogP contribution in [0.25, 0.3) is 11.0 Å². The van der Waals surface area contributed by atoms with Crippen LogP contribution in [-0.4, -0.2) is 37.9 Å². The first-order valence-electron chi connectivity index (χ1n) is 10.2. The maximum atomic E-state index is 12.6. The molecule has 158 valence electrons. The van der Waals surface area contributed by atoms with Gasteiger partial charge in [0.2, 0.25) is 5.91 Å². The molecule has 2 aromatic heterocycles. The van der Waals surface area contributed by atoms with Crippen LogP contribution in [0.1, 0.15) is 55.5 Å². The molecule has 2 amide bonds. The fourth-order valence-electron chi connectivity index (χ4n) is 3.40. The average Bonchev–Trinajstić information content (AvgIpc) is 3.08. The number of rotatable bonds is 9. The fourth-order valence-corrected chi connectivity index (χ4v) is 3.40. The lowest BCUT2D eigenvalue weighted by molar-refractivity contribution is -0.122. The second-order valence-electron chi connectivity index (χ2n) is 7.72. The minimum Gasteiger partial charge on any atom is -0.351 e. The molecular formula is C22H28N6O2. The lowest BCUT2D eigenvalue weighted by atomic mass is 10.0. The van der Waals surface area contributed by atoms with E-state index in [9.17, 15) is 9.59 Å². The van der Waals surface area contributed by atoms with Crippen LogP contribution in [0.3, 0.4) is 0 Å². The van der Waals surface area contributed by atoms with Crippen LogP contribution >= 0.6 is 0 Å². The number of fused-ring (bicyclic) bond motifs is 1. The normalized spacial score (nSPS) is 12.1. The van der Waals surface area contributed by atoms with Gasteiger partial charge in [0.25, 0.3) is 5.91 Å². The molecule has 3 rings (SSSR count). The molecule has 0 fully saturated rings. The lowest BCUT2D eigenvalue weighted by Crippen LogP contribution is -2.32. The van der Waals surface area contributed by atoms with Crippen LogP contribution in [0.15, 0.2) is 42.9 Å². The third kappa shape index (κ3) is 5.40. The number of carbonyl (C=O) groups is 2. The molecule has 2 N–H and O–H groups in total. The van der Waals surface area contributed by atoms with Crippen molar-refractivity contribution in [2.24, 2.45) is 13.0 Å². The van der Waals surface area contributed by atoms with Gasteiger partial charge in [-0.15, -0.1) is 0 Å². The highest BCUT2D eigenvalue weighted by molar-refractivity contribution is 5.91. The topological polar surface area (TPSA) is 102 Å². The molecule has 1 atom stereocenters. The molecule has 0 aliphatic rings. The molecule has 30 heavy (non-hydrogen) atoms. The van der Waals surface area contributed by atoms with Gasteiger partial charge in [-0.1, -0.05) is 26.0 Å². The Hall–Kier alpha value is -3.29. The zero-order chi connectivity index (χ0) is 21.5. The van der Waals surface area contributed by atoms with Crippen LogP contribution in [-0.2, 0) is 11.8 Å². The van der Waals surface area contributed by atoms with E-state index in [0.29, 0.717) is 25.3 Å². The fraction of sp³-hybridized carbons (Fsp3) is 0.409. The highest BCUT2D eigenvalue weighted by Gasteiger charge is 2.21. The summed E-state index contributed by atoms with van der Waals surface area (Å²) in [6.45, 7) is 4.65. The van der Waals surface area contributed by atoms with Crippen molar-refractivity contribution in [1.29, 1.82) is 0 Å². The third-order valence-electron chi connectivity index (χ3n) is 4.84. The van der Waals surface area contributed by atoms with Gasteiger partial charge in [0, 0.05) is 32.4 Å². The van der Waals surface area contributed by atoms with Crippen molar-refractivity contribution in [2.45, 2.75) is 39.2 Å². The van der Waals surface area contributed by atoms with Gasteiger partial charge in [-0.2, -0.15) is 0 Å². The van der Waals surface area contributed by atoms with Gasteiger partial charge in [-0.05, 0) is 30.9 Å². The summed E-state index contributed by atoms with van der Waals surface area (Å²) < 4.78 is 2.05. The molecule has 0 spiro atoms. The summed E-state index contributed by atoms with van der Waals surface area (Å²) >= 11 is 0. The number of para-hydroxylation sites is 2. The Balaban J connectivity index is 1.56. The zero-order valence-electron chi connectivity index (χ0n) is 17.6. The molecule has 8 nitrogen and oxygen atoms in total. The summed E-state index contributed by atoms with van der Waals surface area (Å²) in [5.74, 6) is 0.915. The molecule has 0 aliphatic heterocycles. The first-order chi connectivity index (χ1) is 14.5. The monoisotopic (exact) mass is 408 g/mol. The number of hydrogen-bond donors (Lipinski definition) is 2. The van der Waals surface area contributed by atoms with Gasteiger partial charge in [-0.3, -0.25) is 14.6 Å². The molecule has 1 aromatic carbocycles. The van der Waals surface area contributed by atoms with Crippen LogP contribution in [0.4, 0.5) is 0 Å². The van der Waals surface area contributed by atoms with Gasteiger partial charge in [0.15, 0.2) is 0 Å². The summed E-state index contributed by atoms with van der Waals surface area (Å²) in [5.41, 5.74) is 2.23. The number of nitrogens with zero attached hydrogens (tertiary/aromatic N) is 4. The summed E-state index contributed by atoms with van der Waals surface area (Å²) in [6.07, 6.45) is 6.05. The first kappa shape index (κ1) is 21.4. The highest BCUT2D eigenvalue weighted by atomic mass is 16.2. The van der Waals surface area contributed by atoms with Gasteiger partial charge in [0.05, 0.1) is 23.3 Å². The Morgan fingerprint density at radius 2 is 1.97 bits per heavy atom. The molecule has 2 heterocycles. The number of amides is 2. The van der Waals surface area contributed by atoms with Crippen molar-refractivity contribution >= 4 is 22.8 Å². The van der Waals surface area contributed by atoms with E-state index < -0.39 is 0 Å². The number of imidazole rings is 1. The molecule has 0 saturated carbocycles. The maximum absolute atomic E-state index is 12.6. The first-order valence-corrected chi connectivity index (χ1v) is 10.2. The Morgan fingerprint density at radius 1 is 1.17 bits per heavy atom. The Labute approximate surface area is 176 Å². The third-order valence-corrected chi connectivity index (χ3v) is 4.84. The second-order valence-corrected chi connectivity index (χ2v) is 7.72. The molecule has 0 unspecified atom stereocenters. The number of aryl methyl sites for hydroxylation is 1. The minimum atomic E-state index is -0.291. The van der Waals surface area contributed by atoms with Gasteiger partial charge in [0.1, 0.15) is 11.5 Å². The Bertz CT molecular complexity index is 999. The van der Waals surface area contributed by atoms with Crippen LogP contribution < -0.4 is 10.6 Å². The largest absolute Gasteiger partial charge is 0.351 e. The van der Waals surface area contributed by atoms with E-state index in [0.717, 1.165) is 23.3 Å². The van der Waals surface area contributed by atoms with Gasteiger partial charge >= 0.3 is 0 Å². The number of nitrogens with one attached hydrogen (secondary N) is 2. The predicted molar refractivity (Wildman–Crippen MR) is 115 cm³/mol. The zero-order valence-corrected chi connectivity index (χ0v) is 17.6. The van der Waals surface area contributed by atoms with Crippen molar-refractivity contribution in [3.8, 4) is 0 Å². The van der Waals surface area contributed by atoms with Gasteiger partial charge in [-0.25, -0.2) is 9.97 Å². The predicted octanol–water partition coefficient (Wildman–Crippen LogP) is 2.78. The van der Waals surface area contributed by atoms with Crippen molar-refractivity contribution in [3.63, 3.8) is 0 Å². The van der Waals surface area contributed by atoms with E-state index in [4.69, 9.17) is 4.98 Å². The highest BCUT2D eigenvalue weighted by Crippen LogP contribution is 2.24. The van der Waals surface area contributed by atoms with Crippen molar-refractivity contribution in [1.82, 2.24) is 30.2 Å². The van der Waals surface area contributed by atoms with E-state index in [1.807, 2.05) is 35.9 Å². The molecule has 3 aromatic rings. The molecule has 0 radical (unpaired) electrons. The summed E-state index contributed by atoms with van der Waals surface area (Å²) in [7, 11) is 1.98. The molecule has 0 bridgehead atoms. The summed E-state index contributed by atoms with van der Waals surface area (Å²) in [6, 6.07) is 7.79. The lowest BCUT2D eigenvalue weighted by Gasteiger charge is -2.20. The van der Waals surface area contributed by atoms with E-state index in [1.165, 1.54) is 18.6 Å². The molecule has 0 saturated heterocycles. The number of benzene rings is 1. The minimum absolute atomic E-state index is 0.0542. The van der Waals surface area contributed by atoms with Crippen molar-refractivity contribution < 1.29 is 9.59 Å². The molecule has 0 aliphatic carbocycles. The average molecular weight is 409 g/mol. The number of hydrogen-bond acceptors (Lipinski definition) is 5. The number of aromatic nitrogens is 4. The van der Waals surface area contributed by atoms with Crippen LogP contribution in [0.5, 0.6) is 0 Å². The van der Waals surface area contributed by atoms with E-state index in [2.05, 4.69) is 34.4 Å². The SMILES string of the molecule is CC(C)C[C@H](NC(=O)CCCNC(=O)c1cnccn1)c1nc2ccccc2n1C. The quantitative estimate of drug-likeness (QED) is 0.530. The summed E-state index contributed by atoms with van der Waals surface area (Å²) in [4.78, 5) is 37.1. The molecule has 8 heteroatoms. The van der Waals surface area contributed by atoms with Crippen LogP contribution in [0.2, 0.25) is 0 Å². The van der Waals surface area contributed by atoms with Crippen molar-refractivity contribution in [2.75, 3.05) is 6.54 Å². The smallest absolute Gasteiger partial charge is 0.271 e. The molecular weight excluding hydrogens is 380 g/mol. The van der Waals surface area contributed by atoms with Crippen molar-refractivity contribution in [3.05, 3.63) is 54.4 Å². The van der Waals surface area contributed by atoms with Crippen LogP contribution in [0, 0.1) is 5.92 Å². The summed E-state index contributed by atoms with van der Waals surface area (Å²) in [5, 5.41) is 5.89.